The summed E-state index contributed by atoms with van der Waals surface area (Å²) in [4.78, 5) is 12.5. The molecule has 5 rings (SSSR count). The van der Waals surface area contributed by atoms with Crippen molar-refractivity contribution in [2.24, 2.45) is 7.05 Å². The molecule has 0 spiro atoms. The second kappa shape index (κ2) is 9.89. The average molecular weight is 545 g/mol. The van der Waals surface area contributed by atoms with Gasteiger partial charge in [0.25, 0.3) is 6.43 Å². The molecule has 0 atom stereocenters. The fourth-order valence-electron chi connectivity index (χ4n) is 3.89. The maximum absolute atomic E-state index is 13.8. The van der Waals surface area contributed by atoms with Crippen LogP contribution in [0.1, 0.15) is 23.5 Å². The molecule has 5 aromatic rings. The molecule has 0 amide bonds. The van der Waals surface area contributed by atoms with Gasteiger partial charge >= 0.3 is 6.18 Å². The summed E-state index contributed by atoms with van der Waals surface area (Å²) in [6.45, 7) is 1.81. The minimum Gasteiger partial charge on any atom is -0.494 e. The topological polar surface area (TPSA) is 108 Å². The first-order valence-electron chi connectivity index (χ1n) is 11.4. The van der Waals surface area contributed by atoms with Gasteiger partial charge in [0.15, 0.2) is 5.82 Å². The van der Waals surface area contributed by atoms with E-state index in [1.165, 1.54) is 31.1 Å². The quantitative estimate of drug-likeness (QED) is 0.281. The lowest BCUT2D eigenvalue weighted by molar-refractivity contribution is -0.129. The second-order valence-corrected chi connectivity index (χ2v) is 8.52. The summed E-state index contributed by atoms with van der Waals surface area (Å²) in [6.07, 6.45) is -7.44. The van der Waals surface area contributed by atoms with Gasteiger partial charge in [-0.2, -0.15) is 18.3 Å². The summed E-state index contributed by atoms with van der Waals surface area (Å²) in [6, 6.07) is 9.43. The highest BCUT2D eigenvalue weighted by atomic mass is 19.4. The van der Waals surface area contributed by atoms with Crippen molar-refractivity contribution in [3.05, 3.63) is 59.8 Å². The standard InChI is InChI=1S/C24H20F5N9O/c1-12-4-6-18(35-34-12)31-15-8-14-16(9-17(15)39-3)38(11-30-14)19-7-5-13(22(25)26)21(32-19)23-33-20(37(2)36-23)10-24(27,28)29/h4-9,11,22H,10H2,1-3H3,(H,31,35). The molecule has 202 valence electrons. The Hall–Kier alpha value is -4.69. The number of fused-ring (bicyclic) bond motifs is 1. The molecule has 0 aliphatic carbocycles. The van der Waals surface area contributed by atoms with E-state index in [0.29, 0.717) is 28.3 Å². The van der Waals surface area contributed by atoms with Crippen molar-refractivity contribution in [3.63, 3.8) is 0 Å². The molecule has 0 bridgehead atoms. The molecule has 0 saturated heterocycles. The number of nitrogens with one attached hydrogen (secondary N) is 1. The predicted octanol–water partition coefficient (Wildman–Crippen LogP) is 5.11. The third-order valence-electron chi connectivity index (χ3n) is 5.75. The maximum atomic E-state index is 13.8. The highest BCUT2D eigenvalue weighted by molar-refractivity contribution is 5.86. The third kappa shape index (κ3) is 5.32. The Morgan fingerprint density at radius 1 is 1.05 bits per heavy atom. The molecule has 39 heavy (non-hydrogen) atoms. The zero-order chi connectivity index (χ0) is 27.9. The molecule has 0 unspecified atom stereocenters. The van der Waals surface area contributed by atoms with Crippen molar-refractivity contribution < 1.29 is 26.7 Å². The van der Waals surface area contributed by atoms with E-state index in [2.05, 4.69) is 35.6 Å². The first-order valence-corrected chi connectivity index (χ1v) is 11.4. The van der Waals surface area contributed by atoms with Gasteiger partial charge in [-0.25, -0.2) is 23.7 Å². The summed E-state index contributed by atoms with van der Waals surface area (Å²) in [5, 5.41) is 15.1. The molecule has 0 aliphatic heterocycles. The van der Waals surface area contributed by atoms with E-state index in [9.17, 15) is 22.0 Å². The van der Waals surface area contributed by atoms with Crippen molar-refractivity contribution in [1.82, 2.24) is 39.5 Å². The number of imidazole rings is 1. The fourth-order valence-corrected chi connectivity index (χ4v) is 3.89. The van der Waals surface area contributed by atoms with Gasteiger partial charge in [-0.1, -0.05) is 0 Å². The number of hydrogen-bond donors (Lipinski definition) is 1. The van der Waals surface area contributed by atoms with E-state index in [0.717, 1.165) is 16.4 Å². The summed E-state index contributed by atoms with van der Waals surface area (Å²) in [5.74, 6) is 0.315. The van der Waals surface area contributed by atoms with Crippen molar-refractivity contribution >= 4 is 22.5 Å². The Kier molecular flexibility index (Phi) is 6.57. The van der Waals surface area contributed by atoms with E-state index in [-0.39, 0.29) is 17.3 Å². The molecular weight excluding hydrogens is 525 g/mol. The highest BCUT2D eigenvalue weighted by Gasteiger charge is 2.31. The summed E-state index contributed by atoms with van der Waals surface area (Å²) >= 11 is 0. The number of methoxy groups -OCH3 is 1. The van der Waals surface area contributed by atoms with Crippen LogP contribution in [-0.4, -0.2) is 52.8 Å². The number of pyridine rings is 1. The number of rotatable bonds is 7. The lowest BCUT2D eigenvalue weighted by atomic mass is 10.2. The van der Waals surface area contributed by atoms with Crippen LogP contribution in [0, 0.1) is 6.92 Å². The van der Waals surface area contributed by atoms with E-state index in [1.807, 2.05) is 6.92 Å². The van der Waals surface area contributed by atoms with Gasteiger partial charge in [0.2, 0.25) is 5.82 Å². The Bertz CT molecular complexity index is 1640. The van der Waals surface area contributed by atoms with Gasteiger partial charge in [0.1, 0.15) is 35.8 Å². The van der Waals surface area contributed by atoms with E-state index in [4.69, 9.17) is 4.74 Å². The fraction of sp³-hybridized carbons (Fsp3) is 0.250. The van der Waals surface area contributed by atoms with Crippen LogP contribution in [0.2, 0.25) is 0 Å². The van der Waals surface area contributed by atoms with E-state index < -0.39 is 30.4 Å². The first kappa shape index (κ1) is 25.9. The minimum absolute atomic E-state index is 0.175. The number of ether oxygens (including phenoxy) is 1. The van der Waals surface area contributed by atoms with Crippen LogP contribution in [0.4, 0.5) is 33.5 Å². The average Bonchev–Trinajstić information content (AvgIpc) is 3.46. The van der Waals surface area contributed by atoms with Crippen LogP contribution >= 0.6 is 0 Å². The Morgan fingerprint density at radius 2 is 1.85 bits per heavy atom. The van der Waals surface area contributed by atoms with Gasteiger partial charge in [0.05, 0.1) is 29.5 Å². The molecule has 15 heteroatoms. The van der Waals surface area contributed by atoms with Crippen molar-refractivity contribution in [2.75, 3.05) is 12.4 Å². The van der Waals surface area contributed by atoms with Crippen LogP contribution in [0.3, 0.4) is 0 Å². The monoisotopic (exact) mass is 545 g/mol. The SMILES string of the molecule is COc1cc2c(cc1Nc1ccc(C)nn1)ncn2-c1ccc(C(F)F)c(-c2nc(CC(F)(F)F)n(C)n2)n1. The number of benzene rings is 1. The molecule has 0 fully saturated rings. The minimum atomic E-state index is -4.55. The van der Waals surface area contributed by atoms with Gasteiger partial charge < -0.3 is 10.1 Å². The molecule has 4 heterocycles. The normalized spacial score (nSPS) is 11.9. The molecule has 0 aliphatic rings. The largest absolute Gasteiger partial charge is 0.494 e. The number of alkyl halides is 5. The number of nitrogens with zero attached hydrogens (tertiary/aromatic N) is 8. The first-order chi connectivity index (χ1) is 18.5. The summed E-state index contributed by atoms with van der Waals surface area (Å²) in [5.41, 5.74) is 1.51. The lowest BCUT2D eigenvalue weighted by Crippen LogP contribution is -2.15. The van der Waals surface area contributed by atoms with Crippen molar-refractivity contribution in [1.29, 1.82) is 0 Å². The van der Waals surface area contributed by atoms with Gasteiger partial charge in [-0.15, -0.1) is 10.2 Å². The molecular formula is C24H20F5N9O. The van der Waals surface area contributed by atoms with Crippen molar-refractivity contribution in [3.8, 4) is 23.1 Å². The molecule has 0 radical (unpaired) electrons. The molecule has 4 aromatic heterocycles. The predicted molar refractivity (Wildman–Crippen MR) is 130 cm³/mol. The Morgan fingerprint density at radius 3 is 2.51 bits per heavy atom. The van der Waals surface area contributed by atoms with Crippen LogP contribution in [0.5, 0.6) is 5.75 Å². The smallest absolute Gasteiger partial charge is 0.396 e. The van der Waals surface area contributed by atoms with Crippen LogP contribution in [-0.2, 0) is 13.5 Å². The second-order valence-electron chi connectivity index (χ2n) is 8.52. The number of aromatic nitrogens is 8. The molecule has 10 nitrogen and oxygen atoms in total. The van der Waals surface area contributed by atoms with Crippen molar-refractivity contribution in [2.45, 2.75) is 25.9 Å². The molecule has 0 saturated carbocycles. The van der Waals surface area contributed by atoms with Crippen LogP contribution < -0.4 is 10.1 Å². The number of hydrogen-bond acceptors (Lipinski definition) is 8. The summed E-state index contributed by atoms with van der Waals surface area (Å²) < 4.78 is 74.4. The van der Waals surface area contributed by atoms with Gasteiger partial charge in [0, 0.05) is 18.7 Å². The molecule has 1 aromatic carbocycles. The van der Waals surface area contributed by atoms with Crippen LogP contribution in [0.15, 0.2) is 42.7 Å². The third-order valence-corrected chi connectivity index (χ3v) is 5.75. The van der Waals surface area contributed by atoms with Crippen LogP contribution in [0.25, 0.3) is 28.4 Å². The maximum Gasteiger partial charge on any atom is 0.396 e. The van der Waals surface area contributed by atoms with Gasteiger partial charge in [-0.05, 0) is 37.3 Å². The van der Waals surface area contributed by atoms with E-state index in [1.54, 1.807) is 24.3 Å². The zero-order valence-corrected chi connectivity index (χ0v) is 20.7. The highest BCUT2D eigenvalue weighted by Crippen LogP contribution is 2.34. The Labute approximate surface area is 217 Å². The molecule has 1 N–H and O–H groups in total. The number of anilines is 2. The summed E-state index contributed by atoms with van der Waals surface area (Å²) in [7, 11) is 2.74. The number of halogens is 5. The lowest BCUT2D eigenvalue weighted by Gasteiger charge is -2.12. The van der Waals surface area contributed by atoms with E-state index >= 15 is 0 Å². The number of aryl methyl sites for hydroxylation is 2. The van der Waals surface area contributed by atoms with Gasteiger partial charge in [-0.3, -0.25) is 9.25 Å². The Balaban J connectivity index is 1.57. The zero-order valence-electron chi connectivity index (χ0n) is 20.7.